The van der Waals surface area contributed by atoms with Crippen molar-refractivity contribution in [3.05, 3.63) is 23.9 Å². The number of ketones is 1. The number of fused-ring (bicyclic) bond motifs is 5. The summed E-state index contributed by atoms with van der Waals surface area (Å²) in [5, 5.41) is -0.589. The van der Waals surface area contributed by atoms with E-state index >= 15 is 9.59 Å². The topological polar surface area (TPSA) is 171 Å². The number of benzene rings is 1. The van der Waals surface area contributed by atoms with Crippen LogP contribution in [-0.4, -0.2) is 83.5 Å². The van der Waals surface area contributed by atoms with Crippen molar-refractivity contribution in [1.82, 2.24) is 19.6 Å². The van der Waals surface area contributed by atoms with E-state index in [9.17, 15) is 18.0 Å². The van der Waals surface area contributed by atoms with Crippen molar-refractivity contribution in [3.63, 3.8) is 0 Å². The van der Waals surface area contributed by atoms with Gasteiger partial charge in [-0.2, -0.15) is 0 Å². The van der Waals surface area contributed by atoms with Crippen molar-refractivity contribution in [1.29, 1.82) is 0 Å². The lowest BCUT2D eigenvalue weighted by atomic mass is 9.77. The molecule has 0 unspecified atom stereocenters. The standard InChI is InChI=1S/C45H64N4O9S/c1-8-27-24-45(27,42(53)48-59(54,55)30-18-19-30)25-36(50)39-31(9-2)37-26-49(39)41(52)32(43(3,4)5)23-38(51)58-44(6)21-13-15-28(44)14-11-10-12-16-34-40(57-37)47-35-22-29(56-7)17-20-33(35)46-34/h17,20,22,27-28,30-32,37,39H,8-16,18-19,21,23-26H2,1-7H3,(H,48,53)/t27-,28-,31-,32-,37+,39+,44-,45-/m1/s1. The summed E-state index contributed by atoms with van der Waals surface area (Å²) in [6, 6.07) is 4.55. The molecule has 59 heavy (non-hydrogen) atoms. The lowest BCUT2D eigenvalue weighted by Crippen LogP contribution is -2.50. The highest BCUT2D eigenvalue weighted by atomic mass is 32.2. The van der Waals surface area contributed by atoms with Gasteiger partial charge < -0.3 is 19.1 Å². The van der Waals surface area contributed by atoms with E-state index in [4.69, 9.17) is 24.2 Å². The first-order valence-electron chi connectivity index (χ1n) is 22.1. The number of nitrogens with one attached hydrogen (secondary N) is 1. The zero-order chi connectivity index (χ0) is 42.5. The Morgan fingerprint density at radius 1 is 1.00 bits per heavy atom. The van der Waals surface area contributed by atoms with Crippen LogP contribution in [0.3, 0.4) is 0 Å². The van der Waals surface area contributed by atoms with E-state index in [0.29, 0.717) is 66.9 Å². The SMILES string of the molecule is CC[C@@H]1[C@@H]2CN(C(=O)[C@H](C(C)(C)C)CC(=O)O[C@]3(C)CCC[C@H]3CCCCCc3nc4ccc(OC)cc4nc3O2)[C@@H]1C(=O)C[C@]1(C(=O)NS(=O)(=O)C2CC2)C[C@H]1CC. The smallest absolute Gasteiger partial charge is 0.307 e. The van der Waals surface area contributed by atoms with Crippen LogP contribution in [0.15, 0.2) is 18.2 Å². The van der Waals surface area contributed by atoms with Crippen LogP contribution >= 0.6 is 0 Å². The lowest BCUT2D eigenvalue weighted by molar-refractivity contribution is -0.167. The van der Waals surface area contributed by atoms with E-state index in [1.807, 2.05) is 59.7 Å². The lowest BCUT2D eigenvalue weighted by Gasteiger charge is -2.37. The maximum absolute atomic E-state index is 15.2. The van der Waals surface area contributed by atoms with Crippen LogP contribution < -0.4 is 14.2 Å². The minimum absolute atomic E-state index is 0.0545. The fraction of sp³-hybridized carbons (Fsp3) is 0.733. The number of Topliss-reactive ketones (excluding diaryl/α,β-unsaturated/α-hetero) is 1. The summed E-state index contributed by atoms with van der Waals surface area (Å²) in [6.45, 7) is 11.8. The molecular formula is C45H64N4O9S. The third-order valence-corrected chi connectivity index (χ3v) is 16.2. The Balaban J connectivity index is 1.28. The highest BCUT2D eigenvalue weighted by molar-refractivity contribution is 7.90. The second-order valence-corrected chi connectivity index (χ2v) is 21.3. The summed E-state index contributed by atoms with van der Waals surface area (Å²) in [6.07, 6.45) is 8.46. The summed E-state index contributed by atoms with van der Waals surface area (Å²) in [7, 11) is -2.25. The second kappa shape index (κ2) is 16.6. The van der Waals surface area contributed by atoms with Gasteiger partial charge in [0.15, 0.2) is 5.78 Å². The Hall–Kier alpha value is -3.81. The van der Waals surface area contributed by atoms with Gasteiger partial charge >= 0.3 is 5.97 Å². The van der Waals surface area contributed by atoms with Crippen LogP contribution in [0.25, 0.3) is 11.0 Å². The van der Waals surface area contributed by atoms with Crippen molar-refractivity contribution < 1.29 is 41.8 Å². The van der Waals surface area contributed by atoms with Crippen molar-refractivity contribution in [2.75, 3.05) is 13.7 Å². The molecule has 2 bridgehead atoms. The summed E-state index contributed by atoms with van der Waals surface area (Å²) >= 11 is 0. The molecule has 0 radical (unpaired) electrons. The number of nitrogens with zero attached hydrogens (tertiary/aromatic N) is 3. The van der Waals surface area contributed by atoms with E-state index in [1.165, 1.54) is 0 Å². The Kier molecular flexibility index (Phi) is 12.2. The third kappa shape index (κ3) is 8.84. The molecule has 7 rings (SSSR count). The highest BCUT2D eigenvalue weighted by Crippen LogP contribution is 2.58. The average molecular weight is 837 g/mol. The molecule has 1 aromatic carbocycles. The summed E-state index contributed by atoms with van der Waals surface area (Å²) < 4.78 is 46.9. The third-order valence-electron chi connectivity index (χ3n) is 14.3. The average Bonchev–Trinajstić information content (AvgIpc) is 4.09. The molecule has 0 spiro atoms. The number of aryl methyl sites for hydroxylation is 1. The number of hydrogen-bond acceptors (Lipinski definition) is 11. The van der Waals surface area contributed by atoms with Gasteiger partial charge in [0.1, 0.15) is 23.1 Å². The van der Waals surface area contributed by atoms with E-state index in [0.717, 1.165) is 44.9 Å². The zero-order valence-corrected chi connectivity index (χ0v) is 36.8. The molecule has 1 N–H and O–H groups in total. The van der Waals surface area contributed by atoms with Crippen LogP contribution in [-0.2, 0) is 40.4 Å². The largest absolute Gasteiger partial charge is 0.497 e. The van der Waals surface area contributed by atoms with E-state index < -0.39 is 67.6 Å². The van der Waals surface area contributed by atoms with E-state index in [-0.39, 0.29) is 42.9 Å². The predicted molar refractivity (Wildman–Crippen MR) is 222 cm³/mol. The van der Waals surface area contributed by atoms with Crippen LogP contribution in [0.1, 0.15) is 137 Å². The van der Waals surface area contributed by atoms with Crippen LogP contribution in [0.4, 0.5) is 0 Å². The van der Waals surface area contributed by atoms with Gasteiger partial charge in [0.05, 0.1) is 53.7 Å². The number of aromatic nitrogens is 2. The summed E-state index contributed by atoms with van der Waals surface area (Å²) in [5.74, 6) is -2.02. The van der Waals surface area contributed by atoms with Crippen molar-refractivity contribution in [2.45, 2.75) is 161 Å². The number of ether oxygens (including phenoxy) is 3. The maximum atomic E-state index is 15.2. The molecular weight excluding hydrogens is 773 g/mol. The number of carbonyl (C=O) groups is 4. The van der Waals surface area contributed by atoms with Crippen molar-refractivity contribution in [2.24, 2.45) is 34.5 Å². The molecule has 4 fully saturated rings. The molecule has 5 aliphatic rings. The monoisotopic (exact) mass is 836 g/mol. The Morgan fingerprint density at radius 3 is 2.41 bits per heavy atom. The minimum atomic E-state index is -3.84. The van der Waals surface area contributed by atoms with Crippen molar-refractivity contribution in [3.8, 4) is 11.6 Å². The second-order valence-electron chi connectivity index (χ2n) is 19.4. The summed E-state index contributed by atoms with van der Waals surface area (Å²) in [5.41, 5.74) is -0.488. The predicted octanol–water partition coefficient (Wildman–Crippen LogP) is 6.88. The number of carbonyl (C=O) groups excluding carboxylic acids is 4. The van der Waals surface area contributed by atoms with Crippen LogP contribution in [0.5, 0.6) is 11.6 Å². The van der Waals surface area contributed by atoms with Crippen LogP contribution in [0.2, 0.25) is 0 Å². The molecule has 2 amide bonds. The van der Waals surface area contributed by atoms with Gasteiger partial charge in [0.25, 0.3) is 0 Å². The Morgan fingerprint density at radius 2 is 1.75 bits per heavy atom. The number of esters is 1. The Labute approximate surface area is 349 Å². The van der Waals surface area contributed by atoms with Gasteiger partial charge in [-0.05, 0) is 101 Å². The first-order valence-corrected chi connectivity index (χ1v) is 23.6. The molecule has 8 atom stereocenters. The van der Waals surface area contributed by atoms with Gasteiger partial charge in [0.2, 0.25) is 27.7 Å². The molecule has 1 saturated heterocycles. The normalized spacial score (nSPS) is 31.9. The molecule has 324 valence electrons. The molecule has 3 heterocycles. The number of amides is 2. The molecule has 3 saturated carbocycles. The number of methoxy groups -OCH3 is 1. The molecule has 2 aliphatic heterocycles. The quantitative estimate of drug-likeness (QED) is 0.261. The number of hydrogen-bond donors (Lipinski definition) is 1. The van der Waals surface area contributed by atoms with Gasteiger partial charge in [-0.1, -0.05) is 53.9 Å². The molecule has 13 nitrogen and oxygen atoms in total. The molecule has 14 heteroatoms. The van der Waals surface area contributed by atoms with Crippen molar-refractivity contribution >= 4 is 44.6 Å². The van der Waals surface area contributed by atoms with Gasteiger partial charge in [-0.25, -0.2) is 18.4 Å². The summed E-state index contributed by atoms with van der Waals surface area (Å²) in [4.78, 5) is 69.6. The fourth-order valence-electron chi connectivity index (χ4n) is 10.4. The molecule has 2 aromatic rings. The van der Waals surface area contributed by atoms with Gasteiger partial charge in [-0.3, -0.25) is 23.9 Å². The first-order chi connectivity index (χ1) is 27.9. The fourth-order valence-corrected chi connectivity index (χ4v) is 11.8. The van der Waals surface area contributed by atoms with E-state index in [1.54, 1.807) is 12.0 Å². The highest BCUT2D eigenvalue weighted by Gasteiger charge is 2.62. The minimum Gasteiger partial charge on any atom is -0.497 e. The molecule has 3 aliphatic carbocycles. The van der Waals surface area contributed by atoms with Gasteiger partial charge in [0, 0.05) is 18.4 Å². The number of rotatable bonds is 9. The Bertz CT molecular complexity index is 2060. The van der Waals surface area contributed by atoms with E-state index in [2.05, 4.69) is 4.72 Å². The molecule has 1 aromatic heterocycles. The first kappa shape index (κ1) is 43.3. The van der Waals surface area contributed by atoms with Gasteiger partial charge in [-0.15, -0.1) is 0 Å². The maximum Gasteiger partial charge on any atom is 0.307 e. The number of sulfonamides is 1. The van der Waals surface area contributed by atoms with Crippen LogP contribution in [0, 0.1) is 34.5 Å². The zero-order valence-electron chi connectivity index (χ0n) is 36.0.